The number of nitrogens with one attached hydrogen (secondary N) is 2. The van der Waals surface area contributed by atoms with Gasteiger partial charge in [0.25, 0.3) is 0 Å². The Morgan fingerprint density at radius 3 is 3.08 bits per heavy atom. The molecule has 0 aromatic rings. The average molecular weight is 202 g/mol. The summed E-state index contributed by atoms with van der Waals surface area (Å²) in [6.07, 6.45) is 3.10. The lowest BCUT2D eigenvalue weighted by atomic mass is 9.95. The van der Waals surface area contributed by atoms with Crippen LogP contribution >= 0.6 is 11.8 Å². The molecule has 1 aliphatic heterocycles. The topological polar surface area (TPSA) is 41.1 Å². The molecule has 2 unspecified atom stereocenters. The second-order valence-electron chi connectivity index (χ2n) is 3.58. The summed E-state index contributed by atoms with van der Waals surface area (Å²) in [5.41, 5.74) is 0. The standard InChI is InChI=1S/C9H18N2OS/c1-7-3-4-10-5-8(7)11-9(12)6-13-2/h7-8,10H,3-6H2,1-2H3,(H,11,12). The van der Waals surface area contributed by atoms with Gasteiger partial charge in [-0.3, -0.25) is 4.79 Å². The van der Waals surface area contributed by atoms with Crippen LogP contribution in [0.2, 0.25) is 0 Å². The molecule has 2 atom stereocenters. The number of thioether (sulfide) groups is 1. The number of hydrogen-bond donors (Lipinski definition) is 2. The quantitative estimate of drug-likeness (QED) is 0.699. The lowest BCUT2D eigenvalue weighted by Gasteiger charge is -2.30. The molecule has 0 aromatic heterocycles. The Balaban J connectivity index is 2.29. The molecule has 76 valence electrons. The highest BCUT2D eigenvalue weighted by molar-refractivity contribution is 7.99. The first-order valence-electron chi connectivity index (χ1n) is 4.73. The summed E-state index contributed by atoms with van der Waals surface area (Å²) in [6, 6.07) is 0.327. The summed E-state index contributed by atoms with van der Waals surface area (Å²) in [6.45, 7) is 4.20. The molecule has 4 heteroatoms. The van der Waals surface area contributed by atoms with E-state index in [4.69, 9.17) is 0 Å². The molecule has 3 nitrogen and oxygen atoms in total. The third-order valence-corrected chi connectivity index (χ3v) is 3.00. The number of piperidine rings is 1. The van der Waals surface area contributed by atoms with Gasteiger partial charge in [0, 0.05) is 12.6 Å². The predicted molar refractivity (Wildman–Crippen MR) is 57.0 cm³/mol. The van der Waals surface area contributed by atoms with Crippen molar-refractivity contribution in [3.8, 4) is 0 Å². The van der Waals surface area contributed by atoms with Crippen molar-refractivity contribution < 1.29 is 4.79 Å². The van der Waals surface area contributed by atoms with Crippen LogP contribution in [-0.2, 0) is 4.79 Å². The highest BCUT2D eigenvalue weighted by atomic mass is 32.2. The maximum absolute atomic E-state index is 11.3. The number of carbonyl (C=O) groups excluding carboxylic acids is 1. The average Bonchev–Trinajstić information content (AvgIpc) is 2.09. The normalized spacial score (nSPS) is 28.5. The van der Waals surface area contributed by atoms with Crippen LogP contribution in [0.15, 0.2) is 0 Å². The maximum atomic E-state index is 11.3. The van der Waals surface area contributed by atoms with Gasteiger partial charge in [0.05, 0.1) is 5.75 Å². The summed E-state index contributed by atoms with van der Waals surface area (Å²) in [5.74, 6) is 1.34. The number of amides is 1. The van der Waals surface area contributed by atoms with E-state index in [1.165, 1.54) is 0 Å². The molecule has 0 spiro atoms. The predicted octanol–water partition coefficient (Wildman–Crippen LogP) is 0.464. The first kappa shape index (κ1) is 10.9. The molecule has 13 heavy (non-hydrogen) atoms. The molecule has 1 aliphatic rings. The summed E-state index contributed by atoms with van der Waals surface area (Å²) in [5, 5.41) is 6.34. The minimum absolute atomic E-state index is 0.160. The summed E-state index contributed by atoms with van der Waals surface area (Å²) < 4.78 is 0. The summed E-state index contributed by atoms with van der Waals surface area (Å²) in [4.78, 5) is 11.3. The third-order valence-electron chi connectivity index (χ3n) is 2.45. The number of rotatable bonds is 3. The zero-order valence-corrected chi connectivity index (χ0v) is 9.12. The lowest BCUT2D eigenvalue weighted by molar-refractivity contribution is -0.119. The van der Waals surface area contributed by atoms with Crippen LogP contribution in [0.3, 0.4) is 0 Å². The first-order chi connectivity index (χ1) is 6.24. The van der Waals surface area contributed by atoms with Crippen LogP contribution in [-0.4, -0.2) is 37.0 Å². The molecule has 0 aliphatic carbocycles. The summed E-state index contributed by atoms with van der Waals surface area (Å²) in [7, 11) is 0. The molecule has 1 heterocycles. The molecular weight excluding hydrogens is 184 g/mol. The number of hydrogen-bond acceptors (Lipinski definition) is 3. The molecule has 2 N–H and O–H groups in total. The molecule has 0 aromatic carbocycles. The van der Waals surface area contributed by atoms with Crippen molar-refractivity contribution in [3.63, 3.8) is 0 Å². The van der Waals surface area contributed by atoms with Crippen molar-refractivity contribution in [1.82, 2.24) is 10.6 Å². The van der Waals surface area contributed by atoms with Crippen LogP contribution < -0.4 is 10.6 Å². The second-order valence-corrected chi connectivity index (χ2v) is 4.44. The molecule has 1 saturated heterocycles. The largest absolute Gasteiger partial charge is 0.351 e. The van der Waals surface area contributed by atoms with Crippen molar-refractivity contribution in [3.05, 3.63) is 0 Å². The van der Waals surface area contributed by atoms with Crippen molar-refractivity contribution in [2.24, 2.45) is 5.92 Å². The van der Waals surface area contributed by atoms with E-state index in [9.17, 15) is 4.79 Å². The fraction of sp³-hybridized carbons (Fsp3) is 0.889. The minimum Gasteiger partial charge on any atom is -0.351 e. The van der Waals surface area contributed by atoms with Crippen LogP contribution in [0.4, 0.5) is 0 Å². The Kier molecular flexibility index (Phi) is 4.59. The van der Waals surface area contributed by atoms with Crippen molar-refractivity contribution in [2.75, 3.05) is 25.1 Å². The van der Waals surface area contributed by atoms with E-state index in [-0.39, 0.29) is 5.91 Å². The highest BCUT2D eigenvalue weighted by Gasteiger charge is 2.21. The van der Waals surface area contributed by atoms with Crippen molar-refractivity contribution in [1.29, 1.82) is 0 Å². The molecule has 1 rings (SSSR count). The van der Waals surface area contributed by atoms with Gasteiger partial charge in [0.15, 0.2) is 0 Å². The second kappa shape index (κ2) is 5.50. The van der Waals surface area contributed by atoms with Crippen molar-refractivity contribution >= 4 is 17.7 Å². The molecule has 1 fully saturated rings. The molecule has 0 bridgehead atoms. The van der Waals surface area contributed by atoms with E-state index in [0.717, 1.165) is 19.5 Å². The van der Waals surface area contributed by atoms with Gasteiger partial charge in [-0.2, -0.15) is 11.8 Å². The van der Waals surface area contributed by atoms with E-state index in [1.54, 1.807) is 11.8 Å². The minimum atomic E-state index is 0.160. The van der Waals surface area contributed by atoms with Gasteiger partial charge < -0.3 is 10.6 Å². The van der Waals surface area contributed by atoms with E-state index in [0.29, 0.717) is 17.7 Å². The zero-order chi connectivity index (χ0) is 9.68. The Hall–Kier alpha value is -0.220. The third kappa shape index (κ3) is 3.56. The molecule has 1 amide bonds. The Morgan fingerprint density at radius 1 is 1.69 bits per heavy atom. The van der Waals surface area contributed by atoms with Gasteiger partial charge in [-0.15, -0.1) is 0 Å². The Bertz CT molecular complexity index is 175. The van der Waals surface area contributed by atoms with Crippen molar-refractivity contribution in [2.45, 2.75) is 19.4 Å². The van der Waals surface area contributed by atoms with Crippen LogP contribution in [0.25, 0.3) is 0 Å². The first-order valence-corrected chi connectivity index (χ1v) is 6.12. The van der Waals surface area contributed by atoms with Crippen LogP contribution in [0.1, 0.15) is 13.3 Å². The van der Waals surface area contributed by atoms with Gasteiger partial charge in [-0.1, -0.05) is 6.92 Å². The van der Waals surface area contributed by atoms with E-state index in [2.05, 4.69) is 17.6 Å². The van der Waals surface area contributed by atoms with Gasteiger partial charge in [0.1, 0.15) is 0 Å². The molecular formula is C9H18N2OS. The zero-order valence-electron chi connectivity index (χ0n) is 8.30. The van der Waals surface area contributed by atoms with E-state index in [1.807, 2.05) is 6.26 Å². The number of carbonyl (C=O) groups is 1. The Morgan fingerprint density at radius 2 is 2.46 bits per heavy atom. The molecule has 0 saturated carbocycles. The monoisotopic (exact) mass is 202 g/mol. The van der Waals surface area contributed by atoms with Crippen LogP contribution in [0, 0.1) is 5.92 Å². The van der Waals surface area contributed by atoms with Gasteiger partial charge in [-0.05, 0) is 25.1 Å². The Labute approximate surface area is 84.0 Å². The van der Waals surface area contributed by atoms with Gasteiger partial charge >= 0.3 is 0 Å². The van der Waals surface area contributed by atoms with Gasteiger partial charge in [-0.25, -0.2) is 0 Å². The highest BCUT2D eigenvalue weighted by Crippen LogP contribution is 2.11. The smallest absolute Gasteiger partial charge is 0.230 e. The van der Waals surface area contributed by atoms with Crippen LogP contribution in [0.5, 0.6) is 0 Å². The maximum Gasteiger partial charge on any atom is 0.230 e. The lowest BCUT2D eigenvalue weighted by Crippen LogP contribution is -2.50. The van der Waals surface area contributed by atoms with E-state index >= 15 is 0 Å². The molecule has 0 radical (unpaired) electrons. The van der Waals surface area contributed by atoms with E-state index < -0.39 is 0 Å². The summed E-state index contributed by atoms with van der Waals surface area (Å²) >= 11 is 1.57. The van der Waals surface area contributed by atoms with Gasteiger partial charge in [0.2, 0.25) is 5.91 Å². The fourth-order valence-corrected chi connectivity index (χ4v) is 1.91. The fourth-order valence-electron chi connectivity index (χ4n) is 1.56. The SMILES string of the molecule is CSCC(=O)NC1CNCCC1C.